The van der Waals surface area contributed by atoms with Crippen LogP contribution >= 0.6 is 11.6 Å². The third kappa shape index (κ3) is 6.79. The molecule has 0 saturated carbocycles. The van der Waals surface area contributed by atoms with Crippen molar-refractivity contribution in [2.45, 2.75) is 19.3 Å². The second kappa shape index (κ2) is 9.28. The lowest BCUT2D eigenvalue weighted by molar-refractivity contribution is -0.154. The molecular weight excluding hydrogens is 369 g/mol. The average Bonchev–Trinajstić information content (AvgIpc) is 2.61. The molecule has 26 heavy (non-hydrogen) atoms. The average molecular weight is 387 g/mol. The van der Waals surface area contributed by atoms with Crippen molar-refractivity contribution in [3.05, 3.63) is 58.7 Å². The van der Waals surface area contributed by atoms with Gasteiger partial charge in [-0.05, 0) is 23.3 Å². The van der Waals surface area contributed by atoms with Crippen LogP contribution in [0.15, 0.2) is 47.6 Å². The van der Waals surface area contributed by atoms with Gasteiger partial charge in [0.25, 0.3) is 0 Å². The Morgan fingerprint density at radius 1 is 1.19 bits per heavy atom. The van der Waals surface area contributed by atoms with Crippen molar-refractivity contribution in [1.29, 1.82) is 0 Å². The van der Waals surface area contributed by atoms with Gasteiger partial charge in [-0.25, -0.2) is 4.98 Å². The lowest BCUT2D eigenvalue weighted by atomic mass is 10.2. The number of rotatable bonds is 6. The summed E-state index contributed by atoms with van der Waals surface area (Å²) in [6.07, 6.45) is -3.01. The Labute approximate surface area is 154 Å². The number of halogens is 4. The Balaban J connectivity index is 1.87. The van der Waals surface area contributed by atoms with Gasteiger partial charge in [-0.2, -0.15) is 13.2 Å². The summed E-state index contributed by atoms with van der Waals surface area (Å²) in [5.41, 5.74) is 1.63. The monoisotopic (exact) mass is 386 g/mol. The number of nitrogens with one attached hydrogen (secondary N) is 2. The van der Waals surface area contributed by atoms with Crippen molar-refractivity contribution >= 4 is 17.6 Å². The first-order chi connectivity index (χ1) is 12.4. The predicted molar refractivity (Wildman–Crippen MR) is 94.3 cm³/mol. The van der Waals surface area contributed by atoms with Crippen LogP contribution in [0.1, 0.15) is 11.1 Å². The van der Waals surface area contributed by atoms with Gasteiger partial charge in [0.15, 0.2) is 12.6 Å². The van der Waals surface area contributed by atoms with Gasteiger partial charge in [0.05, 0.1) is 0 Å². The second-order valence-corrected chi connectivity index (χ2v) is 5.68. The van der Waals surface area contributed by atoms with Crippen molar-refractivity contribution in [1.82, 2.24) is 15.6 Å². The first-order valence-electron chi connectivity index (χ1n) is 7.70. The summed E-state index contributed by atoms with van der Waals surface area (Å²) in [6.45, 7) is -0.555. The fraction of sp³-hybridized carbons (Fsp3) is 0.294. The molecule has 140 valence electrons. The molecule has 9 heteroatoms. The summed E-state index contributed by atoms with van der Waals surface area (Å²) >= 11 is 6.10. The highest BCUT2D eigenvalue weighted by Gasteiger charge is 2.28. The van der Waals surface area contributed by atoms with Crippen LogP contribution < -0.4 is 15.4 Å². The summed E-state index contributed by atoms with van der Waals surface area (Å²) in [5.74, 6) is 0.445. The van der Waals surface area contributed by atoms with E-state index in [2.05, 4.69) is 25.3 Å². The van der Waals surface area contributed by atoms with Gasteiger partial charge in [-0.1, -0.05) is 29.8 Å². The van der Waals surface area contributed by atoms with E-state index < -0.39 is 12.8 Å². The highest BCUT2D eigenvalue weighted by molar-refractivity contribution is 6.31. The SMILES string of the molecule is CN=C(NCc1ccnc(OCC(F)(F)F)c1)NCc1ccccc1Cl. The predicted octanol–water partition coefficient (Wildman–Crippen LogP) is 3.54. The van der Waals surface area contributed by atoms with E-state index in [1.54, 1.807) is 19.2 Å². The van der Waals surface area contributed by atoms with Gasteiger partial charge in [0, 0.05) is 37.4 Å². The Kier molecular flexibility index (Phi) is 7.08. The third-order valence-electron chi connectivity index (χ3n) is 3.27. The topological polar surface area (TPSA) is 58.5 Å². The Hall–Kier alpha value is -2.48. The Morgan fingerprint density at radius 3 is 2.62 bits per heavy atom. The summed E-state index contributed by atoms with van der Waals surface area (Å²) < 4.78 is 41.2. The highest BCUT2D eigenvalue weighted by atomic mass is 35.5. The molecule has 2 N–H and O–H groups in total. The molecule has 0 spiro atoms. The number of pyridine rings is 1. The zero-order chi connectivity index (χ0) is 19.0. The summed E-state index contributed by atoms with van der Waals surface area (Å²) in [6, 6.07) is 10.6. The van der Waals surface area contributed by atoms with Crippen molar-refractivity contribution in [2.24, 2.45) is 4.99 Å². The van der Waals surface area contributed by atoms with Gasteiger partial charge in [-0.3, -0.25) is 4.99 Å². The van der Waals surface area contributed by atoms with Crippen LogP contribution in [0.4, 0.5) is 13.2 Å². The van der Waals surface area contributed by atoms with Gasteiger partial charge >= 0.3 is 6.18 Å². The largest absolute Gasteiger partial charge is 0.468 e. The quantitative estimate of drug-likeness (QED) is 0.589. The van der Waals surface area contributed by atoms with Crippen molar-refractivity contribution in [3.8, 4) is 5.88 Å². The lowest BCUT2D eigenvalue weighted by Crippen LogP contribution is -2.36. The molecule has 2 aromatic rings. The molecule has 5 nitrogen and oxygen atoms in total. The molecule has 0 fully saturated rings. The minimum atomic E-state index is -4.40. The number of benzene rings is 1. The van der Waals surface area contributed by atoms with Crippen LogP contribution in [0.5, 0.6) is 5.88 Å². The maximum atomic E-state index is 12.2. The standard InChI is InChI=1S/C17H18ClF3N4O/c1-22-16(25-10-13-4-2-3-5-14(13)18)24-9-12-6-7-23-15(8-12)26-11-17(19,20)21/h2-8H,9-11H2,1H3,(H2,22,24,25). The van der Waals surface area contributed by atoms with Crippen molar-refractivity contribution in [3.63, 3.8) is 0 Å². The second-order valence-electron chi connectivity index (χ2n) is 5.28. The van der Waals surface area contributed by atoms with Gasteiger partial charge in [-0.15, -0.1) is 0 Å². The molecule has 1 aromatic heterocycles. The molecule has 0 saturated heterocycles. The first-order valence-corrected chi connectivity index (χ1v) is 8.07. The maximum absolute atomic E-state index is 12.2. The van der Waals surface area contributed by atoms with Crippen molar-refractivity contribution < 1.29 is 17.9 Å². The number of aliphatic imine (C=N–C) groups is 1. The minimum Gasteiger partial charge on any atom is -0.468 e. The van der Waals surface area contributed by atoms with E-state index in [9.17, 15) is 13.2 Å². The number of alkyl halides is 3. The summed E-state index contributed by atoms with van der Waals surface area (Å²) in [7, 11) is 1.62. The van der Waals surface area contributed by atoms with Gasteiger partial charge in [0.2, 0.25) is 5.88 Å². The van der Waals surface area contributed by atoms with E-state index in [1.165, 1.54) is 12.3 Å². The molecule has 0 aliphatic rings. The molecule has 1 heterocycles. The highest BCUT2D eigenvalue weighted by Crippen LogP contribution is 2.17. The zero-order valence-corrected chi connectivity index (χ0v) is 14.7. The van der Waals surface area contributed by atoms with E-state index in [1.807, 2.05) is 18.2 Å². The van der Waals surface area contributed by atoms with Crippen molar-refractivity contribution in [2.75, 3.05) is 13.7 Å². The molecule has 0 atom stereocenters. The van der Waals surface area contributed by atoms with Crippen LogP contribution in [-0.4, -0.2) is 30.8 Å². The number of hydrogen-bond acceptors (Lipinski definition) is 3. The number of nitrogens with zero attached hydrogens (tertiary/aromatic N) is 2. The molecule has 0 aliphatic carbocycles. The molecule has 0 radical (unpaired) electrons. The van der Waals surface area contributed by atoms with Crippen LogP contribution in [0.3, 0.4) is 0 Å². The lowest BCUT2D eigenvalue weighted by Gasteiger charge is -2.13. The maximum Gasteiger partial charge on any atom is 0.422 e. The van der Waals surface area contributed by atoms with Gasteiger partial charge < -0.3 is 15.4 Å². The normalized spacial score (nSPS) is 12.0. The fourth-order valence-corrected chi connectivity index (χ4v) is 2.22. The minimum absolute atomic E-state index is 0.0827. The van der Waals surface area contributed by atoms with Crippen LogP contribution in [-0.2, 0) is 13.1 Å². The smallest absolute Gasteiger partial charge is 0.422 e. The Bertz CT molecular complexity index is 753. The summed E-state index contributed by atoms with van der Waals surface area (Å²) in [5, 5.41) is 6.83. The van der Waals surface area contributed by atoms with E-state index >= 15 is 0 Å². The Morgan fingerprint density at radius 2 is 1.92 bits per heavy atom. The number of hydrogen-bond donors (Lipinski definition) is 2. The third-order valence-corrected chi connectivity index (χ3v) is 3.64. The van der Waals surface area contributed by atoms with E-state index in [4.69, 9.17) is 11.6 Å². The van der Waals surface area contributed by atoms with Crippen LogP contribution in [0.25, 0.3) is 0 Å². The van der Waals surface area contributed by atoms with Crippen LogP contribution in [0, 0.1) is 0 Å². The van der Waals surface area contributed by atoms with E-state index in [-0.39, 0.29) is 5.88 Å². The number of aromatic nitrogens is 1. The molecule has 0 amide bonds. The zero-order valence-electron chi connectivity index (χ0n) is 14.0. The molecule has 0 bridgehead atoms. The molecule has 0 aliphatic heterocycles. The van der Waals surface area contributed by atoms with E-state index in [0.717, 1.165) is 5.56 Å². The summed E-state index contributed by atoms with van der Waals surface area (Å²) in [4.78, 5) is 7.86. The molecular formula is C17H18ClF3N4O. The number of ether oxygens (including phenoxy) is 1. The molecule has 1 aromatic carbocycles. The van der Waals surface area contributed by atoms with Gasteiger partial charge in [0.1, 0.15) is 0 Å². The first kappa shape index (κ1) is 19.8. The fourth-order valence-electron chi connectivity index (χ4n) is 2.02. The van der Waals surface area contributed by atoms with E-state index in [0.29, 0.717) is 29.6 Å². The van der Waals surface area contributed by atoms with Crippen LogP contribution in [0.2, 0.25) is 5.02 Å². The number of guanidine groups is 1. The molecule has 0 unspecified atom stereocenters. The molecule has 2 rings (SSSR count).